The van der Waals surface area contributed by atoms with E-state index in [1.165, 1.54) is 25.7 Å². The topological polar surface area (TPSA) is 66.4 Å². The Bertz CT molecular complexity index is 259. The lowest BCUT2D eigenvalue weighted by Crippen LogP contribution is -2.29. The maximum Gasteiger partial charge on any atom is 0.303 e. The van der Waals surface area contributed by atoms with Gasteiger partial charge in [-0.05, 0) is 18.3 Å². The summed E-state index contributed by atoms with van der Waals surface area (Å²) in [6.07, 6.45) is 6.84. The number of carbonyl (C=O) groups excluding carboxylic acids is 1. The summed E-state index contributed by atoms with van der Waals surface area (Å²) in [4.78, 5) is 22.0. The molecule has 0 aromatic heterocycles. The average molecular weight is 241 g/mol. The molecule has 98 valence electrons. The molecule has 0 bridgehead atoms. The summed E-state index contributed by atoms with van der Waals surface area (Å²) in [5, 5.41) is 11.4. The number of hydrogen-bond donors (Lipinski definition) is 2. The minimum Gasteiger partial charge on any atom is -0.481 e. The van der Waals surface area contributed by atoms with E-state index in [1.54, 1.807) is 0 Å². The standard InChI is InChI=1S/C13H23NO3/c1-10(8-13(16)17)9-14-12(15)7-6-11-4-2-3-5-11/h10-11H,2-9H2,1H3,(H,14,15)(H,16,17). The van der Waals surface area contributed by atoms with Crippen LogP contribution in [0, 0.1) is 11.8 Å². The third kappa shape index (κ3) is 6.29. The summed E-state index contributed by atoms with van der Waals surface area (Å²) in [7, 11) is 0. The van der Waals surface area contributed by atoms with Crippen molar-refractivity contribution in [3.05, 3.63) is 0 Å². The van der Waals surface area contributed by atoms with Crippen molar-refractivity contribution >= 4 is 11.9 Å². The molecule has 0 spiro atoms. The molecule has 2 N–H and O–H groups in total. The summed E-state index contributed by atoms with van der Waals surface area (Å²) in [6.45, 7) is 2.31. The number of amides is 1. The molecule has 1 fully saturated rings. The lowest BCUT2D eigenvalue weighted by molar-refractivity contribution is -0.138. The van der Waals surface area contributed by atoms with E-state index in [4.69, 9.17) is 5.11 Å². The highest BCUT2D eigenvalue weighted by Crippen LogP contribution is 2.28. The molecular weight excluding hydrogens is 218 g/mol. The lowest BCUT2D eigenvalue weighted by atomic mass is 10.0. The van der Waals surface area contributed by atoms with Gasteiger partial charge in [0, 0.05) is 19.4 Å². The fourth-order valence-electron chi connectivity index (χ4n) is 2.38. The van der Waals surface area contributed by atoms with Gasteiger partial charge < -0.3 is 10.4 Å². The van der Waals surface area contributed by atoms with Crippen LogP contribution in [-0.2, 0) is 9.59 Å². The maximum absolute atomic E-state index is 11.5. The summed E-state index contributed by atoms with van der Waals surface area (Å²) in [5.41, 5.74) is 0. The molecule has 0 heterocycles. The van der Waals surface area contributed by atoms with Crippen molar-refractivity contribution in [3.8, 4) is 0 Å². The first-order chi connectivity index (χ1) is 8.08. The van der Waals surface area contributed by atoms with E-state index in [0.717, 1.165) is 12.3 Å². The molecule has 1 rings (SSSR count). The Morgan fingerprint density at radius 2 is 2.00 bits per heavy atom. The minimum absolute atomic E-state index is 0.00271. The number of hydrogen-bond acceptors (Lipinski definition) is 2. The van der Waals surface area contributed by atoms with Crippen molar-refractivity contribution in [1.82, 2.24) is 5.32 Å². The van der Waals surface area contributed by atoms with E-state index in [9.17, 15) is 9.59 Å². The summed E-state index contributed by atoms with van der Waals surface area (Å²) < 4.78 is 0. The van der Waals surface area contributed by atoms with Crippen LogP contribution in [0.5, 0.6) is 0 Å². The van der Waals surface area contributed by atoms with E-state index >= 15 is 0 Å². The van der Waals surface area contributed by atoms with Crippen molar-refractivity contribution in [1.29, 1.82) is 0 Å². The molecule has 17 heavy (non-hydrogen) atoms. The van der Waals surface area contributed by atoms with Gasteiger partial charge in [-0.2, -0.15) is 0 Å². The van der Waals surface area contributed by atoms with Crippen molar-refractivity contribution in [2.45, 2.75) is 51.9 Å². The third-order valence-electron chi connectivity index (χ3n) is 3.43. The number of rotatable bonds is 7. The Morgan fingerprint density at radius 1 is 1.35 bits per heavy atom. The van der Waals surface area contributed by atoms with Crippen LogP contribution in [0.3, 0.4) is 0 Å². The van der Waals surface area contributed by atoms with Crippen LogP contribution in [0.15, 0.2) is 0 Å². The SMILES string of the molecule is CC(CNC(=O)CCC1CCCC1)CC(=O)O. The van der Waals surface area contributed by atoms with Gasteiger partial charge in [0.1, 0.15) is 0 Å². The van der Waals surface area contributed by atoms with Gasteiger partial charge in [-0.1, -0.05) is 32.6 Å². The van der Waals surface area contributed by atoms with Gasteiger partial charge in [-0.25, -0.2) is 0 Å². The number of nitrogens with one attached hydrogen (secondary N) is 1. The zero-order valence-electron chi connectivity index (χ0n) is 10.6. The van der Waals surface area contributed by atoms with E-state index in [1.807, 2.05) is 6.92 Å². The second-order valence-corrected chi connectivity index (χ2v) is 5.20. The molecule has 0 aromatic rings. The van der Waals surface area contributed by atoms with E-state index in [-0.39, 0.29) is 18.2 Å². The fourth-order valence-corrected chi connectivity index (χ4v) is 2.38. The largest absolute Gasteiger partial charge is 0.481 e. The van der Waals surface area contributed by atoms with Gasteiger partial charge in [0.15, 0.2) is 0 Å². The van der Waals surface area contributed by atoms with Crippen LogP contribution in [-0.4, -0.2) is 23.5 Å². The molecule has 1 atom stereocenters. The molecule has 0 aromatic carbocycles. The Labute approximate surface area is 103 Å². The van der Waals surface area contributed by atoms with Crippen molar-refractivity contribution < 1.29 is 14.7 Å². The van der Waals surface area contributed by atoms with Gasteiger partial charge in [-0.15, -0.1) is 0 Å². The molecule has 1 saturated carbocycles. The maximum atomic E-state index is 11.5. The first-order valence-corrected chi connectivity index (χ1v) is 6.56. The fraction of sp³-hybridized carbons (Fsp3) is 0.846. The van der Waals surface area contributed by atoms with Crippen molar-refractivity contribution in [2.75, 3.05) is 6.54 Å². The van der Waals surface area contributed by atoms with Crippen molar-refractivity contribution in [3.63, 3.8) is 0 Å². The van der Waals surface area contributed by atoms with E-state index < -0.39 is 5.97 Å². The highest BCUT2D eigenvalue weighted by atomic mass is 16.4. The first-order valence-electron chi connectivity index (χ1n) is 6.56. The molecule has 0 aliphatic heterocycles. The smallest absolute Gasteiger partial charge is 0.303 e. The van der Waals surface area contributed by atoms with Crippen LogP contribution >= 0.6 is 0 Å². The molecule has 1 amide bonds. The highest BCUT2D eigenvalue weighted by Gasteiger charge is 2.16. The number of carbonyl (C=O) groups is 2. The number of carboxylic acids is 1. The highest BCUT2D eigenvalue weighted by molar-refractivity contribution is 5.76. The molecule has 0 saturated heterocycles. The Hall–Kier alpha value is -1.06. The first kappa shape index (κ1) is 14.0. The Kier molecular flexibility index (Phi) is 6.01. The molecule has 1 aliphatic carbocycles. The summed E-state index contributed by atoms with van der Waals surface area (Å²) in [6, 6.07) is 0. The zero-order chi connectivity index (χ0) is 12.7. The predicted octanol–water partition coefficient (Wildman–Crippen LogP) is 2.18. The molecule has 1 aliphatic rings. The minimum atomic E-state index is -0.808. The molecule has 4 heteroatoms. The Morgan fingerprint density at radius 3 is 2.59 bits per heavy atom. The second-order valence-electron chi connectivity index (χ2n) is 5.20. The second kappa shape index (κ2) is 7.30. The van der Waals surface area contributed by atoms with E-state index in [0.29, 0.717) is 13.0 Å². The van der Waals surface area contributed by atoms with Gasteiger partial charge in [0.25, 0.3) is 0 Å². The number of aliphatic carboxylic acids is 1. The van der Waals surface area contributed by atoms with Gasteiger partial charge >= 0.3 is 5.97 Å². The average Bonchev–Trinajstić information content (AvgIpc) is 2.75. The molecule has 4 nitrogen and oxygen atoms in total. The molecule has 1 unspecified atom stereocenters. The van der Waals surface area contributed by atoms with Gasteiger partial charge in [0.2, 0.25) is 5.91 Å². The lowest BCUT2D eigenvalue weighted by Gasteiger charge is -2.12. The Balaban J connectivity index is 2.05. The van der Waals surface area contributed by atoms with Crippen LogP contribution in [0.25, 0.3) is 0 Å². The van der Waals surface area contributed by atoms with Gasteiger partial charge in [-0.3, -0.25) is 9.59 Å². The van der Waals surface area contributed by atoms with Crippen LogP contribution < -0.4 is 5.32 Å². The quantitative estimate of drug-likeness (QED) is 0.718. The molecule has 0 radical (unpaired) electrons. The third-order valence-corrected chi connectivity index (χ3v) is 3.43. The van der Waals surface area contributed by atoms with Crippen LogP contribution in [0.4, 0.5) is 0 Å². The zero-order valence-corrected chi connectivity index (χ0v) is 10.6. The monoisotopic (exact) mass is 241 g/mol. The summed E-state index contributed by atoms with van der Waals surface area (Å²) in [5.74, 6) is -0.00744. The number of carboxylic acid groups (broad SMARTS) is 1. The molecular formula is C13H23NO3. The van der Waals surface area contributed by atoms with Crippen LogP contribution in [0.2, 0.25) is 0 Å². The predicted molar refractivity (Wildman–Crippen MR) is 65.6 cm³/mol. The van der Waals surface area contributed by atoms with Crippen molar-refractivity contribution in [2.24, 2.45) is 11.8 Å². The van der Waals surface area contributed by atoms with Crippen LogP contribution in [0.1, 0.15) is 51.9 Å². The normalized spacial score (nSPS) is 17.9. The van der Waals surface area contributed by atoms with E-state index in [2.05, 4.69) is 5.32 Å². The summed E-state index contributed by atoms with van der Waals surface area (Å²) >= 11 is 0. The van der Waals surface area contributed by atoms with Gasteiger partial charge in [0.05, 0.1) is 0 Å².